The van der Waals surface area contributed by atoms with E-state index in [1.807, 2.05) is 0 Å². The quantitative estimate of drug-likeness (QED) is 0.526. The molecule has 1 nitrogen and oxygen atoms in total. The van der Waals surface area contributed by atoms with Gasteiger partial charge in [0.05, 0.1) is 10.0 Å². The average Bonchev–Trinajstić information content (AvgIpc) is 2.34. The standard InChI is InChI=1S/C13H13Cl3O/c14-9-6-10(12(16)11(15)7-9)13(17)8-4-2-1-3-5-8/h6-8H,1-5H2. The van der Waals surface area contributed by atoms with Crippen LogP contribution in [-0.2, 0) is 0 Å². The van der Waals surface area contributed by atoms with Gasteiger partial charge in [-0.25, -0.2) is 0 Å². The Bertz CT molecular complexity index is 437. The van der Waals surface area contributed by atoms with Gasteiger partial charge in [-0.3, -0.25) is 4.79 Å². The van der Waals surface area contributed by atoms with Crippen LogP contribution in [0.5, 0.6) is 0 Å². The molecule has 0 bridgehead atoms. The summed E-state index contributed by atoms with van der Waals surface area (Å²) < 4.78 is 0. The first-order chi connectivity index (χ1) is 8.09. The number of rotatable bonds is 2. The van der Waals surface area contributed by atoms with Crippen molar-refractivity contribution in [2.24, 2.45) is 5.92 Å². The summed E-state index contributed by atoms with van der Waals surface area (Å²) in [4.78, 5) is 12.3. The molecule has 0 heterocycles. The van der Waals surface area contributed by atoms with E-state index < -0.39 is 0 Å². The van der Waals surface area contributed by atoms with Gasteiger partial charge in [0.25, 0.3) is 0 Å². The van der Waals surface area contributed by atoms with Gasteiger partial charge in [0.1, 0.15) is 0 Å². The third kappa shape index (κ3) is 2.96. The third-order valence-electron chi connectivity index (χ3n) is 3.23. The van der Waals surface area contributed by atoms with Crippen molar-refractivity contribution < 1.29 is 4.79 Å². The summed E-state index contributed by atoms with van der Waals surface area (Å²) in [6.45, 7) is 0. The van der Waals surface area contributed by atoms with Crippen LogP contribution in [0, 0.1) is 5.92 Å². The molecule has 0 unspecified atom stereocenters. The van der Waals surface area contributed by atoms with Gasteiger partial charge in [0.2, 0.25) is 0 Å². The molecule has 1 fully saturated rings. The first-order valence-corrected chi connectivity index (χ1v) is 6.91. The van der Waals surface area contributed by atoms with Gasteiger partial charge in [-0.05, 0) is 25.0 Å². The Morgan fingerprint density at radius 1 is 1.06 bits per heavy atom. The Hall–Kier alpha value is -0.240. The zero-order valence-electron chi connectivity index (χ0n) is 9.31. The maximum Gasteiger partial charge on any atom is 0.167 e. The second-order valence-corrected chi connectivity index (χ2v) is 5.67. The normalized spacial score (nSPS) is 17.1. The Kier molecular flexibility index (Phi) is 4.35. The smallest absolute Gasteiger partial charge is 0.167 e. The van der Waals surface area contributed by atoms with Crippen molar-refractivity contribution in [3.05, 3.63) is 32.8 Å². The zero-order chi connectivity index (χ0) is 12.4. The maximum absolute atomic E-state index is 12.3. The Morgan fingerprint density at radius 3 is 2.35 bits per heavy atom. The van der Waals surface area contributed by atoms with E-state index in [1.54, 1.807) is 12.1 Å². The van der Waals surface area contributed by atoms with Crippen molar-refractivity contribution in [2.75, 3.05) is 0 Å². The molecule has 1 aromatic rings. The highest BCUT2D eigenvalue weighted by Crippen LogP contribution is 2.34. The summed E-state index contributed by atoms with van der Waals surface area (Å²) in [5.41, 5.74) is 0.469. The van der Waals surface area contributed by atoms with Crippen molar-refractivity contribution in [1.29, 1.82) is 0 Å². The predicted octanol–water partition coefficient (Wildman–Crippen LogP) is 5.41. The molecule has 1 saturated carbocycles. The van der Waals surface area contributed by atoms with Gasteiger partial charge in [0.15, 0.2) is 5.78 Å². The summed E-state index contributed by atoms with van der Waals surface area (Å²) >= 11 is 17.9. The molecule has 1 aliphatic rings. The molecule has 92 valence electrons. The Morgan fingerprint density at radius 2 is 1.71 bits per heavy atom. The predicted molar refractivity (Wildman–Crippen MR) is 72.4 cm³/mol. The van der Waals surface area contributed by atoms with E-state index in [0.29, 0.717) is 20.6 Å². The number of ketones is 1. The third-order valence-corrected chi connectivity index (χ3v) is 4.25. The number of hydrogen-bond donors (Lipinski definition) is 0. The van der Waals surface area contributed by atoms with Gasteiger partial charge >= 0.3 is 0 Å². The van der Waals surface area contributed by atoms with Gasteiger partial charge in [-0.2, -0.15) is 0 Å². The van der Waals surface area contributed by atoms with Crippen molar-refractivity contribution in [2.45, 2.75) is 32.1 Å². The lowest BCUT2D eigenvalue weighted by Crippen LogP contribution is -2.18. The maximum atomic E-state index is 12.3. The number of halogens is 3. The molecule has 17 heavy (non-hydrogen) atoms. The lowest BCUT2D eigenvalue weighted by Gasteiger charge is -2.21. The molecule has 4 heteroatoms. The van der Waals surface area contributed by atoms with Crippen LogP contribution in [-0.4, -0.2) is 5.78 Å². The molecular weight excluding hydrogens is 279 g/mol. The summed E-state index contributed by atoms with van der Waals surface area (Å²) in [6, 6.07) is 3.18. The van der Waals surface area contributed by atoms with Gasteiger partial charge in [-0.1, -0.05) is 54.1 Å². The van der Waals surface area contributed by atoms with Crippen LogP contribution in [0.4, 0.5) is 0 Å². The summed E-state index contributed by atoms with van der Waals surface area (Å²) in [6.07, 6.45) is 5.33. The number of hydrogen-bond acceptors (Lipinski definition) is 1. The summed E-state index contributed by atoms with van der Waals surface area (Å²) in [5.74, 6) is 0.162. The lowest BCUT2D eigenvalue weighted by atomic mass is 9.84. The first kappa shape index (κ1) is 13.2. The van der Waals surface area contributed by atoms with Gasteiger partial charge in [0, 0.05) is 16.5 Å². The van der Waals surface area contributed by atoms with Crippen LogP contribution in [0.2, 0.25) is 15.1 Å². The molecule has 0 N–H and O–H groups in total. The second-order valence-electron chi connectivity index (χ2n) is 4.45. The van der Waals surface area contributed by atoms with E-state index in [4.69, 9.17) is 34.8 Å². The molecule has 0 atom stereocenters. The van der Waals surface area contributed by atoms with Crippen molar-refractivity contribution in [3.8, 4) is 0 Å². The van der Waals surface area contributed by atoms with E-state index >= 15 is 0 Å². The molecule has 2 rings (SSSR count). The van der Waals surface area contributed by atoms with Crippen LogP contribution in [0.1, 0.15) is 42.5 Å². The molecule has 0 aliphatic heterocycles. The van der Waals surface area contributed by atoms with Crippen LogP contribution >= 0.6 is 34.8 Å². The molecule has 1 aromatic carbocycles. The van der Waals surface area contributed by atoms with Crippen molar-refractivity contribution >= 4 is 40.6 Å². The van der Waals surface area contributed by atoms with E-state index in [1.165, 1.54) is 6.42 Å². The van der Waals surface area contributed by atoms with E-state index in [0.717, 1.165) is 25.7 Å². The van der Waals surface area contributed by atoms with E-state index in [-0.39, 0.29) is 11.7 Å². The van der Waals surface area contributed by atoms with Crippen LogP contribution in [0.15, 0.2) is 12.1 Å². The number of Topliss-reactive ketones (excluding diaryl/α,β-unsaturated/α-hetero) is 1. The molecule has 0 aromatic heterocycles. The minimum Gasteiger partial charge on any atom is -0.294 e. The van der Waals surface area contributed by atoms with Crippen LogP contribution < -0.4 is 0 Å². The highest BCUT2D eigenvalue weighted by Gasteiger charge is 2.25. The fraction of sp³-hybridized carbons (Fsp3) is 0.462. The van der Waals surface area contributed by atoms with E-state index in [2.05, 4.69) is 0 Å². The SMILES string of the molecule is O=C(c1cc(Cl)cc(Cl)c1Cl)C1CCCCC1. The fourth-order valence-electron chi connectivity index (χ4n) is 2.32. The van der Waals surface area contributed by atoms with Crippen LogP contribution in [0.25, 0.3) is 0 Å². The minimum absolute atomic E-state index is 0.0794. The topological polar surface area (TPSA) is 17.1 Å². The summed E-state index contributed by atoms with van der Waals surface area (Å²) in [5, 5.41) is 1.13. The number of carbonyl (C=O) groups excluding carboxylic acids is 1. The second kappa shape index (κ2) is 5.60. The van der Waals surface area contributed by atoms with Gasteiger partial charge in [-0.15, -0.1) is 0 Å². The Balaban J connectivity index is 2.29. The van der Waals surface area contributed by atoms with Crippen molar-refractivity contribution in [3.63, 3.8) is 0 Å². The van der Waals surface area contributed by atoms with E-state index in [9.17, 15) is 4.79 Å². The monoisotopic (exact) mass is 290 g/mol. The zero-order valence-corrected chi connectivity index (χ0v) is 11.6. The largest absolute Gasteiger partial charge is 0.294 e. The lowest BCUT2D eigenvalue weighted by molar-refractivity contribution is 0.0889. The first-order valence-electron chi connectivity index (χ1n) is 5.78. The molecule has 0 radical (unpaired) electrons. The molecule has 0 spiro atoms. The fourth-order valence-corrected chi connectivity index (χ4v) is 3.02. The minimum atomic E-state index is 0.0794. The molecule has 1 aliphatic carbocycles. The highest BCUT2D eigenvalue weighted by molar-refractivity contribution is 6.45. The molecule has 0 saturated heterocycles. The van der Waals surface area contributed by atoms with Crippen molar-refractivity contribution in [1.82, 2.24) is 0 Å². The molecular formula is C13H13Cl3O. The van der Waals surface area contributed by atoms with Gasteiger partial charge < -0.3 is 0 Å². The average molecular weight is 292 g/mol. The molecule has 0 amide bonds. The highest BCUT2D eigenvalue weighted by atomic mass is 35.5. The Labute approximate surface area is 116 Å². The number of carbonyl (C=O) groups is 1. The van der Waals surface area contributed by atoms with Crippen LogP contribution in [0.3, 0.4) is 0 Å². The number of benzene rings is 1. The summed E-state index contributed by atoms with van der Waals surface area (Å²) in [7, 11) is 0.